The number of fused-ring (bicyclic) bond motifs is 3. The zero-order valence-corrected chi connectivity index (χ0v) is 15.0. The van der Waals surface area contributed by atoms with Gasteiger partial charge >= 0.3 is 0 Å². The number of benzene rings is 2. The van der Waals surface area contributed by atoms with E-state index < -0.39 is 0 Å². The predicted molar refractivity (Wildman–Crippen MR) is 107 cm³/mol. The topological polar surface area (TPSA) is 37.0 Å². The Hall–Kier alpha value is -2.52. The fraction of sp³-hybridized carbons (Fsp3) is 0.273. The molecule has 0 bridgehead atoms. The first-order valence-corrected chi connectivity index (χ1v) is 8.85. The maximum absolute atomic E-state index is 6.02. The molecule has 3 aromatic rings. The molecule has 0 aliphatic carbocycles. The number of ether oxygens (including phenoxy) is 1. The summed E-state index contributed by atoms with van der Waals surface area (Å²) in [5.74, 6) is 0.917. The number of hydrogen-bond acceptors (Lipinski definition) is 2. The van der Waals surface area contributed by atoms with E-state index in [-0.39, 0.29) is 0 Å². The molecule has 3 nitrogen and oxygen atoms in total. The van der Waals surface area contributed by atoms with Crippen LogP contribution in [0.5, 0.6) is 5.75 Å². The monoisotopic (exact) mass is 334 g/mol. The number of para-hydroxylation sites is 1. The van der Waals surface area contributed by atoms with Gasteiger partial charge in [-0.05, 0) is 24.6 Å². The Bertz CT molecular complexity index is 890. The first-order valence-electron chi connectivity index (χ1n) is 8.85. The lowest BCUT2D eigenvalue weighted by Crippen LogP contribution is -2.22. The van der Waals surface area contributed by atoms with Crippen molar-refractivity contribution in [2.45, 2.75) is 26.3 Å². The maximum atomic E-state index is 6.02. The van der Waals surface area contributed by atoms with E-state index in [0.29, 0.717) is 12.6 Å². The number of rotatable bonds is 8. The highest BCUT2D eigenvalue weighted by molar-refractivity contribution is 6.08. The molecule has 0 amide bonds. The number of nitrogens with one attached hydrogen (secondary N) is 2. The summed E-state index contributed by atoms with van der Waals surface area (Å²) in [6.07, 6.45) is 6.87. The van der Waals surface area contributed by atoms with Crippen LogP contribution in [0.2, 0.25) is 0 Å². The molecule has 0 spiro atoms. The summed E-state index contributed by atoms with van der Waals surface area (Å²) < 4.78 is 6.02. The van der Waals surface area contributed by atoms with E-state index in [1.807, 2.05) is 6.08 Å². The molecule has 1 aromatic heterocycles. The molecule has 2 aromatic carbocycles. The van der Waals surface area contributed by atoms with Crippen molar-refractivity contribution in [2.24, 2.45) is 0 Å². The smallest absolute Gasteiger partial charge is 0.125 e. The highest BCUT2D eigenvalue weighted by atomic mass is 16.5. The summed E-state index contributed by atoms with van der Waals surface area (Å²) in [7, 11) is 0. The molecule has 130 valence electrons. The van der Waals surface area contributed by atoms with Crippen molar-refractivity contribution in [3.8, 4) is 5.75 Å². The van der Waals surface area contributed by atoms with Gasteiger partial charge in [0.2, 0.25) is 0 Å². The first kappa shape index (κ1) is 17.3. The summed E-state index contributed by atoms with van der Waals surface area (Å²) in [5, 5.41) is 5.83. The van der Waals surface area contributed by atoms with E-state index in [1.54, 1.807) is 0 Å². The number of H-pyrrole nitrogens is 1. The fourth-order valence-electron chi connectivity index (χ4n) is 3.03. The minimum absolute atomic E-state index is 0.495. The Morgan fingerprint density at radius 2 is 1.96 bits per heavy atom. The standard InChI is InChI=1S/C22H26N2O/c1-4-9-19-21(25-15-8-7-14-23-16(2)3)13-12-18-17-10-5-6-11-20(17)24-22(18)19/h4-8,10-13,16,23-24H,1,9,14-15H2,2-3H3/b8-7+. The molecule has 0 aliphatic rings. The lowest BCUT2D eigenvalue weighted by molar-refractivity contribution is 0.359. The summed E-state index contributed by atoms with van der Waals surface area (Å²) in [6, 6.07) is 13.1. The van der Waals surface area contributed by atoms with Crippen molar-refractivity contribution < 1.29 is 4.74 Å². The normalized spacial score (nSPS) is 11.8. The molecular weight excluding hydrogens is 308 g/mol. The summed E-state index contributed by atoms with van der Waals surface area (Å²) >= 11 is 0. The number of hydrogen-bond donors (Lipinski definition) is 2. The average Bonchev–Trinajstić information content (AvgIpc) is 2.98. The van der Waals surface area contributed by atoms with Gasteiger partial charge in [-0.2, -0.15) is 0 Å². The SMILES string of the molecule is C=CCc1c(OC/C=C/CNC(C)C)ccc2c1[nH]c1ccccc12. The van der Waals surface area contributed by atoms with E-state index >= 15 is 0 Å². The second-order valence-corrected chi connectivity index (χ2v) is 6.47. The molecule has 0 aliphatic heterocycles. The van der Waals surface area contributed by atoms with Gasteiger partial charge < -0.3 is 15.0 Å². The van der Waals surface area contributed by atoms with Crippen molar-refractivity contribution in [2.75, 3.05) is 13.2 Å². The lowest BCUT2D eigenvalue weighted by atomic mass is 10.1. The van der Waals surface area contributed by atoms with Crippen LogP contribution in [-0.4, -0.2) is 24.2 Å². The van der Waals surface area contributed by atoms with E-state index in [1.165, 1.54) is 10.8 Å². The predicted octanol–water partition coefficient (Wildman–Crippen LogP) is 4.98. The van der Waals surface area contributed by atoms with Crippen LogP contribution in [0.15, 0.2) is 61.2 Å². The van der Waals surface area contributed by atoms with E-state index in [4.69, 9.17) is 4.74 Å². The third-order valence-corrected chi connectivity index (χ3v) is 4.24. The van der Waals surface area contributed by atoms with Gasteiger partial charge in [0.05, 0.1) is 5.52 Å². The molecule has 0 fully saturated rings. The molecule has 1 heterocycles. The van der Waals surface area contributed by atoms with Crippen LogP contribution in [-0.2, 0) is 6.42 Å². The van der Waals surface area contributed by atoms with Gasteiger partial charge in [-0.15, -0.1) is 6.58 Å². The third kappa shape index (κ3) is 3.94. The lowest BCUT2D eigenvalue weighted by Gasteiger charge is -2.10. The average molecular weight is 334 g/mol. The van der Waals surface area contributed by atoms with Gasteiger partial charge in [0.1, 0.15) is 12.4 Å². The number of allylic oxidation sites excluding steroid dienone is 1. The Morgan fingerprint density at radius 1 is 1.12 bits per heavy atom. The van der Waals surface area contributed by atoms with Crippen molar-refractivity contribution in [3.63, 3.8) is 0 Å². The van der Waals surface area contributed by atoms with Crippen molar-refractivity contribution in [1.29, 1.82) is 0 Å². The van der Waals surface area contributed by atoms with Gasteiger partial charge in [-0.25, -0.2) is 0 Å². The quantitative estimate of drug-likeness (QED) is 0.570. The highest BCUT2D eigenvalue weighted by Crippen LogP contribution is 2.33. The van der Waals surface area contributed by atoms with Gasteiger partial charge in [0.15, 0.2) is 0 Å². The Labute approximate surface area is 149 Å². The van der Waals surface area contributed by atoms with Crippen LogP contribution in [0, 0.1) is 0 Å². The van der Waals surface area contributed by atoms with Crippen molar-refractivity contribution in [3.05, 3.63) is 66.8 Å². The second-order valence-electron chi connectivity index (χ2n) is 6.47. The fourth-order valence-corrected chi connectivity index (χ4v) is 3.03. The van der Waals surface area contributed by atoms with Gasteiger partial charge in [0, 0.05) is 34.4 Å². The van der Waals surface area contributed by atoms with Crippen LogP contribution < -0.4 is 10.1 Å². The van der Waals surface area contributed by atoms with Crippen LogP contribution >= 0.6 is 0 Å². The van der Waals surface area contributed by atoms with Gasteiger partial charge in [-0.3, -0.25) is 0 Å². The Balaban J connectivity index is 1.84. The molecule has 2 N–H and O–H groups in total. The zero-order chi connectivity index (χ0) is 17.6. The van der Waals surface area contributed by atoms with Crippen molar-refractivity contribution >= 4 is 21.8 Å². The largest absolute Gasteiger partial charge is 0.489 e. The van der Waals surface area contributed by atoms with E-state index in [0.717, 1.165) is 35.3 Å². The van der Waals surface area contributed by atoms with Crippen molar-refractivity contribution in [1.82, 2.24) is 10.3 Å². The summed E-state index contributed by atoms with van der Waals surface area (Å²) in [4.78, 5) is 3.54. The van der Waals surface area contributed by atoms with Crippen LogP contribution in [0.3, 0.4) is 0 Å². The number of aromatic amines is 1. The molecule has 3 heteroatoms. The molecule has 0 saturated carbocycles. The van der Waals surface area contributed by atoms with Crippen LogP contribution in [0.25, 0.3) is 21.8 Å². The minimum Gasteiger partial charge on any atom is -0.489 e. The Morgan fingerprint density at radius 3 is 2.76 bits per heavy atom. The third-order valence-electron chi connectivity index (χ3n) is 4.24. The van der Waals surface area contributed by atoms with Crippen LogP contribution in [0.1, 0.15) is 19.4 Å². The molecule has 3 rings (SSSR count). The first-order chi connectivity index (χ1) is 12.2. The maximum Gasteiger partial charge on any atom is 0.125 e. The molecule has 0 radical (unpaired) electrons. The molecule has 0 unspecified atom stereocenters. The molecule has 0 saturated heterocycles. The number of aromatic nitrogens is 1. The van der Waals surface area contributed by atoms with E-state index in [2.05, 4.69) is 79.3 Å². The van der Waals surface area contributed by atoms with Gasteiger partial charge in [-0.1, -0.05) is 50.3 Å². The zero-order valence-electron chi connectivity index (χ0n) is 15.0. The second kappa shape index (κ2) is 8.04. The molecule has 25 heavy (non-hydrogen) atoms. The Kier molecular flexibility index (Phi) is 5.56. The summed E-state index contributed by atoms with van der Waals surface area (Å²) in [5.41, 5.74) is 3.46. The highest BCUT2D eigenvalue weighted by Gasteiger charge is 2.12. The van der Waals surface area contributed by atoms with Gasteiger partial charge in [0.25, 0.3) is 0 Å². The van der Waals surface area contributed by atoms with E-state index in [9.17, 15) is 0 Å². The van der Waals surface area contributed by atoms with Crippen LogP contribution in [0.4, 0.5) is 0 Å². The molecular formula is C22H26N2O. The minimum atomic E-state index is 0.495. The molecule has 0 atom stereocenters. The summed E-state index contributed by atoms with van der Waals surface area (Å²) in [6.45, 7) is 9.61.